The topological polar surface area (TPSA) is 64.8 Å². The molecule has 4 aliphatic rings. The van der Waals surface area contributed by atoms with Crippen LogP contribution < -0.4 is 4.90 Å². The van der Waals surface area contributed by atoms with Gasteiger partial charge in [-0.15, -0.1) is 0 Å². The van der Waals surface area contributed by atoms with Gasteiger partial charge in [0.25, 0.3) is 0 Å². The lowest BCUT2D eigenvalue weighted by atomic mass is 9.78. The van der Waals surface area contributed by atoms with Gasteiger partial charge in [0, 0.05) is 55.8 Å². The fourth-order valence-electron chi connectivity index (χ4n) is 7.69. The lowest BCUT2D eigenvalue weighted by Crippen LogP contribution is -2.49. The highest BCUT2D eigenvalue weighted by Crippen LogP contribution is 2.60. The van der Waals surface area contributed by atoms with Crippen molar-refractivity contribution in [3.05, 3.63) is 35.4 Å². The van der Waals surface area contributed by atoms with E-state index in [1.807, 2.05) is 4.57 Å². The first kappa shape index (κ1) is 22.0. The SMILES string of the molecule is Oc1c2c(c(O)n1C[C@@H]1CCCCC1CN1CCN(c3nsc4ccccc34)CC1)[C@H]1CC[C@@H]2C1. The summed E-state index contributed by atoms with van der Waals surface area (Å²) >= 11 is 1.60. The number of hydrogen-bond acceptors (Lipinski definition) is 6. The van der Waals surface area contributed by atoms with Crippen LogP contribution in [0.25, 0.3) is 10.1 Å². The number of aromatic nitrogens is 2. The fourth-order valence-corrected chi connectivity index (χ4v) is 8.49. The summed E-state index contributed by atoms with van der Waals surface area (Å²) in [6, 6.07) is 8.56. The zero-order valence-electron chi connectivity index (χ0n) is 20.4. The lowest BCUT2D eigenvalue weighted by Gasteiger charge is -2.40. The molecule has 1 saturated heterocycles. The van der Waals surface area contributed by atoms with Crippen molar-refractivity contribution >= 4 is 27.4 Å². The Labute approximate surface area is 211 Å². The molecule has 7 rings (SSSR count). The molecule has 0 amide bonds. The number of aromatic hydroxyl groups is 2. The summed E-state index contributed by atoms with van der Waals surface area (Å²) in [5.41, 5.74) is 2.16. The monoisotopic (exact) mass is 492 g/mol. The maximum absolute atomic E-state index is 11.1. The third-order valence-electron chi connectivity index (χ3n) is 9.54. The van der Waals surface area contributed by atoms with Crippen LogP contribution in [0.5, 0.6) is 11.8 Å². The summed E-state index contributed by atoms with van der Waals surface area (Å²) < 4.78 is 7.92. The zero-order chi connectivity index (χ0) is 23.5. The summed E-state index contributed by atoms with van der Waals surface area (Å²) in [5, 5.41) is 23.4. The van der Waals surface area contributed by atoms with Crippen LogP contribution in [-0.2, 0) is 6.54 Å². The Morgan fingerprint density at radius 1 is 0.829 bits per heavy atom. The van der Waals surface area contributed by atoms with Crippen LogP contribution in [0.15, 0.2) is 24.3 Å². The Hall–Kier alpha value is -2.25. The standard InChI is InChI=1S/C28H36N4O2S/c33-27-24-18-9-10-19(15-18)25(24)28(34)32(27)17-21-6-2-1-5-20(21)16-30-11-13-31(14-12-30)26-22-7-3-4-8-23(22)35-29-26/h3-4,7-8,18-21,33-34H,1-2,5-6,9-17H2/t18-,19+,20?,21-/m0/s1. The van der Waals surface area contributed by atoms with Crippen LogP contribution in [0.1, 0.15) is 67.9 Å². The van der Waals surface area contributed by atoms with E-state index in [0.717, 1.165) is 62.6 Å². The third kappa shape index (κ3) is 3.65. The first-order chi connectivity index (χ1) is 17.2. The van der Waals surface area contributed by atoms with Gasteiger partial charge >= 0.3 is 0 Å². The molecule has 0 spiro atoms. The molecular weight excluding hydrogens is 456 g/mol. The Balaban J connectivity index is 1.02. The minimum Gasteiger partial charge on any atom is -0.494 e. The predicted octanol–water partition coefficient (Wildman–Crippen LogP) is 5.50. The van der Waals surface area contributed by atoms with Crippen molar-refractivity contribution in [3.63, 3.8) is 0 Å². The van der Waals surface area contributed by atoms with Crippen molar-refractivity contribution in [2.24, 2.45) is 11.8 Å². The van der Waals surface area contributed by atoms with E-state index in [4.69, 9.17) is 4.37 Å². The van der Waals surface area contributed by atoms with Gasteiger partial charge in [0.1, 0.15) is 5.82 Å². The Morgan fingerprint density at radius 2 is 1.49 bits per heavy atom. The van der Waals surface area contributed by atoms with E-state index in [1.165, 1.54) is 48.6 Å². The molecule has 7 heteroatoms. The predicted molar refractivity (Wildman–Crippen MR) is 141 cm³/mol. The highest BCUT2D eigenvalue weighted by atomic mass is 32.1. The molecule has 2 bridgehead atoms. The van der Waals surface area contributed by atoms with Crippen LogP contribution in [0, 0.1) is 11.8 Å². The van der Waals surface area contributed by atoms with E-state index < -0.39 is 0 Å². The van der Waals surface area contributed by atoms with Crippen LogP contribution in [0.4, 0.5) is 5.82 Å². The number of hydrogen-bond donors (Lipinski definition) is 2. The number of fused-ring (bicyclic) bond motifs is 6. The molecule has 4 atom stereocenters. The van der Waals surface area contributed by atoms with Gasteiger partial charge < -0.3 is 15.1 Å². The molecule has 0 radical (unpaired) electrons. The van der Waals surface area contributed by atoms with Gasteiger partial charge in [-0.3, -0.25) is 9.47 Å². The second-order valence-corrected chi connectivity index (χ2v) is 12.2. The average molecular weight is 493 g/mol. The summed E-state index contributed by atoms with van der Waals surface area (Å²) in [7, 11) is 0. The fraction of sp³-hybridized carbons (Fsp3) is 0.607. The average Bonchev–Trinajstić information content (AvgIpc) is 3.66. The van der Waals surface area contributed by atoms with Crippen molar-refractivity contribution < 1.29 is 10.2 Å². The van der Waals surface area contributed by atoms with Crippen LogP contribution in [0.3, 0.4) is 0 Å². The van der Waals surface area contributed by atoms with Gasteiger partial charge in [-0.25, -0.2) is 0 Å². The van der Waals surface area contributed by atoms with E-state index in [2.05, 4.69) is 34.1 Å². The van der Waals surface area contributed by atoms with Crippen molar-refractivity contribution in [1.82, 2.24) is 13.8 Å². The summed E-state index contributed by atoms with van der Waals surface area (Å²) in [4.78, 5) is 5.10. The molecule has 3 heterocycles. The van der Waals surface area contributed by atoms with Crippen molar-refractivity contribution in [2.45, 2.75) is 63.3 Å². The molecule has 6 nitrogen and oxygen atoms in total. The molecule has 2 N–H and O–H groups in total. The first-order valence-corrected chi connectivity index (χ1v) is 14.4. The highest BCUT2D eigenvalue weighted by molar-refractivity contribution is 7.13. The van der Waals surface area contributed by atoms with E-state index in [-0.39, 0.29) is 0 Å². The van der Waals surface area contributed by atoms with Gasteiger partial charge in [-0.2, -0.15) is 4.37 Å². The Kier molecular flexibility index (Phi) is 5.46. The number of benzene rings is 1. The van der Waals surface area contributed by atoms with Crippen molar-refractivity contribution in [1.29, 1.82) is 0 Å². The van der Waals surface area contributed by atoms with Gasteiger partial charge in [0.15, 0.2) is 11.8 Å². The quantitative estimate of drug-likeness (QED) is 0.492. The van der Waals surface area contributed by atoms with E-state index in [0.29, 0.717) is 35.4 Å². The normalized spacial score (nSPS) is 28.7. The number of nitrogens with zero attached hydrogens (tertiary/aromatic N) is 4. The van der Waals surface area contributed by atoms with Crippen LogP contribution in [-0.4, -0.2) is 56.8 Å². The summed E-state index contributed by atoms with van der Waals surface area (Å²) in [5.74, 6) is 3.98. The smallest absolute Gasteiger partial charge is 0.197 e. The Morgan fingerprint density at radius 3 is 2.20 bits per heavy atom. The minimum atomic E-state index is 0.373. The Bertz CT molecular complexity index is 1190. The molecule has 186 valence electrons. The van der Waals surface area contributed by atoms with Crippen molar-refractivity contribution in [2.75, 3.05) is 37.6 Å². The van der Waals surface area contributed by atoms with E-state index in [9.17, 15) is 10.2 Å². The largest absolute Gasteiger partial charge is 0.494 e. The molecule has 2 saturated carbocycles. The van der Waals surface area contributed by atoms with Gasteiger partial charge in [0.2, 0.25) is 0 Å². The molecule has 3 fully saturated rings. The van der Waals surface area contributed by atoms with Gasteiger partial charge in [0.05, 0.1) is 4.70 Å². The second-order valence-electron chi connectivity index (χ2n) is 11.4. The van der Waals surface area contributed by atoms with Gasteiger partial charge in [-0.1, -0.05) is 25.0 Å². The molecule has 1 aromatic carbocycles. The molecule has 1 unspecified atom stereocenters. The maximum atomic E-state index is 11.1. The highest BCUT2D eigenvalue weighted by Gasteiger charge is 2.44. The molecular formula is C28H36N4O2S. The van der Waals surface area contributed by atoms with Gasteiger partial charge in [-0.05, 0) is 79.4 Å². The first-order valence-electron chi connectivity index (χ1n) is 13.6. The lowest BCUT2D eigenvalue weighted by molar-refractivity contribution is 0.130. The number of rotatable bonds is 5. The minimum absolute atomic E-state index is 0.373. The molecule has 1 aliphatic heterocycles. The number of anilines is 1. The summed E-state index contributed by atoms with van der Waals surface area (Å²) in [6.45, 7) is 6.10. The number of piperazine rings is 1. The molecule has 3 aromatic rings. The summed E-state index contributed by atoms with van der Waals surface area (Å²) in [6.07, 6.45) is 8.49. The van der Waals surface area contributed by atoms with Crippen LogP contribution >= 0.6 is 11.5 Å². The second kappa shape index (κ2) is 8.70. The molecule has 35 heavy (non-hydrogen) atoms. The maximum Gasteiger partial charge on any atom is 0.197 e. The zero-order valence-corrected chi connectivity index (χ0v) is 21.2. The molecule has 2 aromatic heterocycles. The third-order valence-corrected chi connectivity index (χ3v) is 10.4. The van der Waals surface area contributed by atoms with E-state index >= 15 is 0 Å². The van der Waals surface area contributed by atoms with Crippen LogP contribution in [0.2, 0.25) is 0 Å². The molecule has 3 aliphatic carbocycles. The van der Waals surface area contributed by atoms with E-state index in [1.54, 1.807) is 11.5 Å². The van der Waals surface area contributed by atoms with Crippen molar-refractivity contribution in [3.8, 4) is 11.8 Å².